The fourth-order valence-corrected chi connectivity index (χ4v) is 3.80. The summed E-state index contributed by atoms with van der Waals surface area (Å²) in [5, 5.41) is 16.6. The molecule has 2 aromatic heterocycles. The van der Waals surface area contributed by atoms with Gasteiger partial charge in [-0.3, -0.25) is 4.79 Å². The predicted molar refractivity (Wildman–Crippen MR) is 95.1 cm³/mol. The Labute approximate surface area is 148 Å². The Balaban J connectivity index is 1.70. The second kappa shape index (κ2) is 7.22. The van der Waals surface area contributed by atoms with Crippen LogP contribution in [0.5, 0.6) is 0 Å². The maximum atomic E-state index is 12.4. The highest BCUT2D eigenvalue weighted by atomic mass is 16.1. The van der Waals surface area contributed by atoms with Gasteiger partial charge in [-0.25, -0.2) is 9.50 Å². The quantitative estimate of drug-likeness (QED) is 0.928. The summed E-state index contributed by atoms with van der Waals surface area (Å²) in [6.45, 7) is 6.12. The van der Waals surface area contributed by atoms with Gasteiger partial charge in [-0.1, -0.05) is 19.8 Å². The smallest absolute Gasteiger partial charge is 0.220 e. The van der Waals surface area contributed by atoms with Crippen molar-refractivity contribution in [3.8, 4) is 6.07 Å². The van der Waals surface area contributed by atoms with Gasteiger partial charge in [0.1, 0.15) is 11.6 Å². The molecule has 132 valence electrons. The van der Waals surface area contributed by atoms with Crippen molar-refractivity contribution in [2.45, 2.75) is 65.3 Å². The molecule has 3 rings (SSSR count). The van der Waals surface area contributed by atoms with Crippen molar-refractivity contribution in [2.24, 2.45) is 5.92 Å². The minimum absolute atomic E-state index is 0.107. The Morgan fingerprint density at radius 3 is 2.88 bits per heavy atom. The van der Waals surface area contributed by atoms with E-state index in [2.05, 4.69) is 28.4 Å². The topological polar surface area (TPSA) is 83.1 Å². The number of aromatic nitrogens is 3. The van der Waals surface area contributed by atoms with Crippen LogP contribution in [-0.2, 0) is 11.2 Å². The molecule has 1 aliphatic carbocycles. The van der Waals surface area contributed by atoms with Gasteiger partial charge in [-0.15, -0.1) is 0 Å². The minimum Gasteiger partial charge on any atom is -0.353 e. The van der Waals surface area contributed by atoms with Crippen LogP contribution in [0.4, 0.5) is 0 Å². The average Bonchev–Trinajstić information content (AvgIpc) is 2.99. The lowest BCUT2D eigenvalue weighted by Crippen LogP contribution is -2.41. The van der Waals surface area contributed by atoms with Gasteiger partial charge < -0.3 is 5.32 Å². The molecule has 25 heavy (non-hydrogen) atoms. The molecule has 0 saturated heterocycles. The van der Waals surface area contributed by atoms with Crippen LogP contribution in [0.2, 0.25) is 0 Å². The van der Waals surface area contributed by atoms with E-state index in [4.69, 9.17) is 5.26 Å². The number of nitriles is 1. The Hall–Kier alpha value is -2.42. The molecule has 0 spiro atoms. The molecule has 6 nitrogen and oxygen atoms in total. The third-order valence-electron chi connectivity index (χ3n) is 5.39. The Morgan fingerprint density at radius 1 is 1.40 bits per heavy atom. The van der Waals surface area contributed by atoms with Gasteiger partial charge in [0.05, 0.1) is 6.20 Å². The first-order chi connectivity index (χ1) is 12.0. The first kappa shape index (κ1) is 17.4. The third-order valence-corrected chi connectivity index (χ3v) is 5.39. The van der Waals surface area contributed by atoms with Crippen molar-refractivity contribution in [3.63, 3.8) is 0 Å². The summed E-state index contributed by atoms with van der Waals surface area (Å²) in [7, 11) is 0. The van der Waals surface area contributed by atoms with E-state index in [-0.39, 0.29) is 5.91 Å². The molecular formula is C19H25N5O. The summed E-state index contributed by atoms with van der Waals surface area (Å²) in [6, 6.07) is 2.43. The molecule has 1 saturated carbocycles. The number of carbonyl (C=O) groups is 1. The SMILES string of the molecule is Cc1nc2c(C#N)cnn2c(C)c1CCC(=O)N[C@H]1CCCC[C@@H]1C. The Bertz CT molecular complexity index is 832. The molecule has 0 radical (unpaired) electrons. The number of nitrogens with one attached hydrogen (secondary N) is 1. The van der Waals surface area contributed by atoms with Crippen LogP contribution < -0.4 is 5.32 Å². The second-order valence-electron chi connectivity index (χ2n) is 7.10. The molecule has 1 N–H and O–H groups in total. The summed E-state index contributed by atoms with van der Waals surface area (Å²) in [6.07, 6.45) is 7.38. The first-order valence-electron chi connectivity index (χ1n) is 9.04. The van der Waals surface area contributed by atoms with Gasteiger partial charge in [-0.2, -0.15) is 10.4 Å². The van der Waals surface area contributed by atoms with Crippen LogP contribution in [0.1, 0.15) is 61.5 Å². The summed E-state index contributed by atoms with van der Waals surface area (Å²) in [4.78, 5) is 16.9. The largest absolute Gasteiger partial charge is 0.353 e. The van der Waals surface area contributed by atoms with E-state index < -0.39 is 0 Å². The number of hydrogen-bond donors (Lipinski definition) is 1. The molecule has 2 atom stereocenters. The Morgan fingerprint density at radius 2 is 2.16 bits per heavy atom. The normalized spacial score (nSPS) is 20.4. The average molecular weight is 339 g/mol. The molecule has 1 aliphatic rings. The highest BCUT2D eigenvalue weighted by Gasteiger charge is 2.23. The molecule has 6 heteroatoms. The molecule has 0 unspecified atom stereocenters. The molecule has 1 amide bonds. The van der Waals surface area contributed by atoms with Crippen molar-refractivity contribution in [2.75, 3.05) is 0 Å². The van der Waals surface area contributed by atoms with Crippen LogP contribution in [0, 0.1) is 31.1 Å². The number of fused-ring (bicyclic) bond motifs is 1. The zero-order chi connectivity index (χ0) is 18.0. The van der Waals surface area contributed by atoms with E-state index in [1.807, 2.05) is 13.8 Å². The number of hydrogen-bond acceptors (Lipinski definition) is 4. The van der Waals surface area contributed by atoms with E-state index in [1.165, 1.54) is 25.5 Å². The van der Waals surface area contributed by atoms with Crippen LogP contribution >= 0.6 is 0 Å². The summed E-state index contributed by atoms with van der Waals surface area (Å²) < 4.78 is 1.70. The van der Waals surface area contributed by atoms with Crippen molar-refractivity contribution in [1.29, 1.82) is 5.26 Å². The van der Waals surface area contributed by atoms with Crippen molar-refractivity contribution in [1.82, 2.24) is 19.9 Å². The number of rotatable bonds is 4. The fraction of sp³-hybridized carbons (Fsp3) is 0.579. The minimum atomic E-state index is 0.107. The van der Waals surface area contributed by atoms with E-state index in [0.717, 1.165) is 23.4 Å². The van der Waals surface area contributed by atoms with Crippen LogP contribution in [0.25, 0.3) is 5.65 Å². The van der Waals surface area contributed by atoms with Gasteiger partial charge in [0.25, 0.3) is 0 Å². The third kappa shape index (κ3) is 3.51. The molecular weight excluding hydrogens is 314 g/mol. The van der Waals surface area contributed by atoms with Crippen molar-refractivity contribution < 1.29 is 4.79 Å². The number of amides is 1. The van der Waals surface area contributed by atoms with E-state index in [9.17, 15) is 4.79 Å². The van der Waals surface area contributed by atoms with Gasteiger partial charge in [0.2, 0.25) is 5.91 Å². The number of nitrogens with zero attached hydrogens (tertiary/aromatic N) is 4. The van der Waals surface area contributed by atoms with Gasteiger partial charge >= 0.3 is 0 Å². The monoisotopic (exact) mass is 339 g/mol. The maximum Gasteiger partial charge on any atom is 0.220 e. The lowest BCUT2D eigenvalue weighted by molar-refractivity contribution is -0.122. The number of aryl methyl sites for hydroxylation is 2. The lowest BCUT2D eigenvalue weighted by atomic mass is 9.86. The van der Waals surface area contributed by atoms with E-state index in [0.29, 0.717) is 36.0 Å². The van der Waals surface area contributed by atoms with Crippen molar-refractivity contribution >= 4 is 11.6 Å². The molecule has 0 aliphatic heterocycles. The molecule has 1 fully saturated rings. The molecule has 0 aromatic carbocycles. The zero-order valence-corrected chi connectivity index (χ0v) is 15.2. The highest BCUT2D eigenvalue weighted by molar-refractivity contribution is 5.76. The maximum absolute atomic E-state index is 12.4. The van der Waals surface area contributed by atoms with Crippen molar-refractivity contribution in [3.05, 3.63) is 28.7 Å². The molecule has 0 bridgehead atoms. The number of carbonyl (C=O) groups excluding carboxylic acids is 1. The van der Waals surface area contributed by atoms with Gasteiger partial charge in [0.15, 0.2) is 5.65 Å². The Kier molecular flexibility index (Phi) is 5.03. The van der Waals surface area contributed by atoms with Crippen LogP contribution in [0.3, 0.4) is 0 Å². The van der Waals surface area contributed by atoms with E-state index in [1.54, 1.807) is 4.52 Å². The zero-order valence-electron chi connectivity index (χ0n) is 15.2. The van der Waals surface area contributed by atoms with E-state index >= 15 is 0 Å². The van der Waals surface area contributed by atoms with Crippen LogP contribution in [0.15, 0.2) is 6.20 Å². The van der Waals surface area contributed by atoms with Gasteiger partial charge in [-0.05, 0) is 44.6 Å². The second-order valence-corrected chi connectivity index (χ2v) is 7.10. The summed E-state index contributed by atoms with van der Waals surface area (Å²) in [5.41, 5.74) is 3.90. The molecule has 2 heterocycles. The predicted octanol–water partition coefficient (Wildman–Crippen LogP) is 2.85. The summed E-state index contributed by atoms with van der Waals surface area (Å²) >= 11 is 0. The molecule has 2 aromatic rings. The van der Waals surface area contributed by atoms with Gasteiger partial charge in [0, 0.05) is 23.9 Å². The standard InChI is InChI=1S/C19H25N5O/c1-12-6-4-5-7-17(12)23-18(25)9-8-16-13(2)22-19-15(10-20)11-21-24(19)14(16)3/h11-12,17H,4-9H2,1-3H3,(H,23,25)/t12-,17-/m0/s1. The van der Waals surface area contributed by atoms with Crippen LogP contribution in [-0.4, -0.2) is 26.5 Å². The lowest BCUT2D eigenvalue weighted by Gasteiger charge is -2.29. The first-order valence-corrected chi connectivity index (χ1v) is 9.04. The fourth-order valence-electron chi connectivity index (χ4n) is 3.80. The highest BCUT2D eigenvalue weighted by Crippen LogP contribution is 2.24. The summed E-state index contributed by atoms with van der Waals surface area (Å²) in [5.74, 6) is 0.670.